The summed E-state index contributed by atoms with van der Waals surface area (Å²) in [4.78, 5) is 7.13. The van der Waals surface area contributed by atoms with Gasteiger partial charge in [0.2, 0.25) is 0 Å². The average molecular weight is 538 g/mol. The van der Waals surface area contributed by atoms with Gasteiger partial charge in [-0.2, -0.15) is 0 Å². The summed E-state index contributed by atoms with van der Waals surface area (Å²) < 4.78 is 28.6. The van der Waals surface area contributed by atoms with Crippen LogP contribution in [0.1, 0.15) is 24.0 Å². The van der Waals surface area contributed by atoms with E-state index in [2.05, 4.69) is 20.5 Å². The van der Waals surface area contributed by atoms with Crippen molar-refractivity contribution in [1.29, 1.82) is 0 Å². The molecule has 0 saturated carbocycles. The van der Waals surface area contributed by atoms with Gasteiger partial charge in [-0.15, -0.1) is 24.0 Å². The zero-order valence-corrected chi connectivity index (χ0v) is 21.0. The molecule has 166 valence electrons. The Balaban J connectivity index is 0.00000420. The van der Waals surface area contributed by atoms with Gasteiger partial charge in [-0.3, -0.25) is 4.99 Å². The van der Waals surface area contributed by atoms with E-state index in [1.807, 2.05) is 19.1 Å². The molecule has 2 N–H and O–H groups in total. The normalized spacial score (nSPS) is 16.3. The predicted octanol–water partition coefficient (Wildman–Crippen LogP) is 2.04. The predicted molar refractivity (Wildman–Crippen MR) is 129 cm³/mol. The molecule has 0 atom stereocenters. The number of rotatable bonds is 8. The summed E-state index contributed by atoms with van der Waals surface area (Å²) in [5.74, 6) is 1.42. The first-order chi connectivity index (χ1) is 13.3. The second-order valence-corrected chi connectivity index (χ2v) is 9.44. The third kappa shape index (κ3) is 8.77. The highest BCUT2D eigenvalue weighted by Gasteiger charge is 2.19. The lowest BCUT2D eigenvalue weighted by molar-refractivity contribution is 0.121. The Bertz CT molecular complexity index is 763. The summed E-state index contributed by atoms with van der Waals surface area (Å²) in [6.07, 6.45) is 3.60. The monoisotopic (exact) mass is 538 g/mol. The number of likely N-dealkylation sites (tertiary alicyclic amines) is 1. The van der Waals surface area contributed by atoms with Gasteiger partial charge in [0, 0.05) is 40.0 Å². The zero-order chi connectivity index (χ0) is 20.6. The number of piperidine rings is 1. The fraction of sp³-hybridized carbons (Fsp3) is 0.650. The number of sulfone groups is 1. The fourth-order valence-corrected chi connectivity index (χ4v) is 4.48. The SMILES string of the molecule is CN=C(NCc1ccc(S(C)(=O)=O)c(C)c1)NCC1CCN(CCOC)CC1.I. The van der Waals surface area contributed by atoms with Crippen LogP contribution in [0.5, 0.6) is 0 Å². The van der Waals surface area contributed by atoms with Gasteiger partial charge in [-0.05, 0) is 56.0 Å². The number of aryl methyl sites for hydroxylation is 1. The summed E-state index contributed by atoms with van der Waals surface area (Å²) in [5.41, 5.74) is 1.80. The number of ether oxygens (including phenoxy) is 1. The molecule has 0 aliphatic carbocycles. The highest BCUT2D eigenvalue weighted by Crippen LogP contribution is 2.17. The first-order valence-electron chi connectivity index (χ1n) is 9.79. The lowest BCUT2D eigenvalue weighted by atomic mass is 9.97. The van der Waals surface area contributed by atoms with Crippen molar-refractivity contribution in [2.75, 3.05) is 53.2 Å². The van der Waals surface area contributed by atoms with E-state index in [0.717, 1.165) is 49.9 Å². The van der Waals surface area contributed by atoms with Crippen molar-refractivity contribution in [3.05, 3.63) is 29.3 Å². The second kappa shape index (κ2) is 12.7. The molecule has 29 heavy (non-hydrogen) atoms. The molecule has 1 aromatic carbocycles. The lowest BCUT2D eigenvalue weighted by Gasteiger charge is -2.32. The molecule has 9 heteroatoms. The lowest BCUT2D eigenvalue weighted by Crippen LogP contribution is -2.43. The van der Waals surface area contributed by atoms with Crippen molar-refractivity contribution in [2.24, 2.45) is 10.9 Å². The molecular weight excluding hydrogens is 503 g/mol. The molecule has 0 radical (unpaired) electrons. The standard InChI is InChI=1S/C20H34N4O3S.HI/c1-16-13-18(5-6-19(16)28(4,25)26)15-23-20(21-2)22-14-17-7-9-24(10-8-17)11-12-27-3;/h5-6,13,17H,7-12,14-15H2,1-4H3,(H2,21,22,23);1H. The highest BCUT2D eigenvalue weighted by molar-refractivity contribution is 14.0. The Morgan fingerprint density at radius 1 is 1.28 bits per heavy atom. The van der Waals surface area contributed by atoms with Crippen molar-refractivity contribution < 1.29 is 13.2 Å². The Hall–Kier alpha value is -0.910. The van der Waals surface area contributed by atoms with Crippen LogP contribution in [0.25, 0.3) is 0 Å². The van der Waals surface area contributed by atoms with Crippen LogP contribution in [0.2, 0.25) is 0 Å². The summed E-state index contributed by atoms with van der Waals surface area (Å²) in [7, 11) is 0.328. The number of methoxy groups -OCH3 is 1. The number of hydrogen-bond acceptors (Lipinski definition) is 5. The van der Waals surface area contributed by atoms with Gasteiger partial charge in [0.15, 0.2) is 15.8 Å². The molecular formula is C20H35IN4O3S. The van der Waals surface area contributed by atoms with E-state index >= 15 is 0 Å². The van der Waals surface area contributed by atoms with Crippen LogP contribution in [0.4, 0.5) is 0 Å². The van der Waals surface area contributed by atoms with E-state index in [4.69, 9.17) is 4.74 Å². The van der Waals surface area contributed by atoms with Crippen LogP contribution < -0.4 is 10.6 Å². The van der Waals surface area contributed by atoms with E-state index in [0.29, 0.717) is 17.4 Å². The molecule has 1 aromatic rings. The minimum atomic E-state index is -3.18. The molecule has 1 fully saturated rings. The molecule has 0 bridgehead atoms. The van der Waals surface area contributed by atoms with Gasteiger partial charge in [-0.1, -0.05) is 12.1 Å². The summed E-state index contributed by atoms with van der Waals surface area (Å²) in [6.45, 7) is 7.37. The Morgan fingerprint density at radius 2 is 1.97 bits per heavy atom. The minimum Gasteiger partial charge on any atom is -0.383 e. The molecule has 0 aromatic heterocycles. The maximum absolute atomic E-state index is 11.7. The van der Waals surface area contributed by atoms with Crippen LogP contribution in [-0.2, 0) is 21.1 Å². The number of guanidine groups is 1. The summed E-state index contributed by atoms with van der Waals surface area (Å²) in [5, 5.41) is 6.73. The van der Waals surface area contributed by atoms with Crippen LogP contribution in [0.3, 0.4) is 0 Å². The zero-order valence-electron chi connectivity index (χ0n) is 17.9. The number of hydrogen-bond donors (Lipinski definition) is 2. The number of aliphatic imine (C=N–C) groups is 1. The third-order valence-electron chi connectivity index (χ3n) is 5.20. The molecule has 2 rings (SSSR count). The van der Waals surface area contributed by atoms with Crippen LogP contribution in [-0.4, -0.2) is 72.5 Å². The Morgan fingerprint density at radius 3 is 2.52 bits per heavy atom. The van der Waals surface area contributed by atoms with Crippen molar-refractivity contribution in [3.63, 3.8) is 0 Å². The Labute approximate surface area is 192 Å². The summed E-state index contributed by atoms with van der Waals surface area (Å²) >= 11 is 0. The maximum Gasteiger partial charge on any atom is 0.191 e. The smallest absolute Gasteiger partial charge is 0.191 e. The van der Waals surface area contributed by atoms with Crippen LogP contribution >= 0.6 is 24.0 Å². The van der Waals surface area contributed by atoms with Gasteiger partial charge < -0.3 is 20.3 Å². The van der Waals surface area contributed by atoms with Gasteiger partial charge in [0.25, 0.3) is 0 Å². The van der Waals surface area contributed by atoms with Crippen molar-refractivity contribution >= 4 is 39.8 Å². The molecule has 1 aliphatic rings. The first kappa shape index (κ1) is 26.1. The van der Waals surface area contributed by atoms with Gasteiger partial charge >= 0.3 is 0 Å². The van der Waals surface area contributed by atoms with Crippen molar-refractivity contribution in [1.82, 2.24) is 15.5 Å². The van der Waals surface area contributed by atoms with E-state index in [-0.39, 0.29) is 24.0 Å². The Kier molecular flexibility index (Phi) is 11.4. The number of nitrogens with one attached hydrogen (secondary N) is 2. The minimum absolute atomic E-state index is 0. The molecule has 0 amide bonds. The van der Waals surface area contributed by atoms with Crippen molar-refractivity contribution in [2.45, 2.75) is 31.2 Å². The number of benzene rings is 1. The van der Waals surface area contributed by atoms with E-state index < -0.39 is 9.84 Å². The van der Waals surface area contributed by atoms with E-state index in [9.17, 15) is 8.42 Å². The van der Waals surface area contributed by atoms with Gasteiger partial charge in [0.05, 0.1) is 11.5 Å². The number of nitrogens with zero attached hydrogens (tertiary/aromatic N) is 2. The fourth-order valence-electron chi connectivity index (χ4n) is 3.52. The third-order valence-corrected chi connectivity index (χ3v) is 6.46. The van der Waals surface area contributed by atoms with Gasteiger partial charge in [-0.25, -0.2) is 8.42 Å². The molecule has 1 saturated heterocycles. The number of halogens is 1. The molecule has 1 heterocycles. The van der Waals surface area contributed by atoms with E-state index in [1.54, 1.807) is 20.2 Å². The highest BCUT2D eigenvalue weighted by atomic mass is 127. The van der Waals surface area contributed by atoms with Crippen molar-refractivity contribution in [3.8, 4) is 0 Å². The summed E-state index contributed by atoms with van der Waals surface area (Å²) in [6, 6.07) is 5.43. The molecule has 0 spiro atoms. The molecule has 1 aliphatic heterocycles. The second-order valence-electron chi connectivity index (χ2n) is 7.46. The van der Waals surface area contributed by atoms with Gasteiger partial charge in [0.1, 0.15) is 0 Å². The maximum atomic E-state index is 11.7. The quantitative estimate of drug-likeness (QED) is 0.300. The first-order valence-corrected chi connectivity index (χ1v) is 11.7. The topological polar surface area (TPSA) is 83.0 Å². The van der Waals surface area contributed by atoms with Crippen LogP contribution in [0.15, 0.2) is 28.1 Å². The van der Waals surface area contributed by atoms with Crippen LogP contribution in [0, 0.1) is 12.8 Å². The largest absolute Gasteiger partial charge is 0.383 e. The average Bonchev–Trinajstić information content (AvgIpc) is 2.66. The molecule has 7 nitrogen and oxygen atoms in total. The molecule has 0 unspecified atom stereocenters. The van der Waals surface area contributed by atoms with E-state index in [1.165, 1.54) is 19.1 Å².